The van der Waals surface area contributed by atoms with Crippen molar-refractivity contribution in [2.45, 2.75) is 57.1 Å². The van der Waals surface area contributed by atoms with E-state index in [4.69, 9.17) is 4.74 Å². The van der Waals surface area contributed by atoms with E-state index >= 15 is 0 Å². The molecule has 23 heavy (non-hydrogen) atoms. The van der Waals surface area contributed by atoms with Gasteiger partial charge < -0.3 is 20.3 Å². The lowest BCUT2D eigenvalue weighted by Gasteiger charge is -2.25. The number of rotatable bonds is 5. The Morgan fingerprint density at radius 3 is 2.48 bits per heavy atom. The first-order valence-electron chi connectivity index (χ1n) is 8.52. The summed E-state index contributed by atoms with van der Waals surface area (Å²) in [6, 6.07) is 0.480. The average Bonchev–Trinajstić information content (AvgIpc) is 3.03. The van der Waals surface area contributed by atoms with Crippen LogP contribution in [0.3, 0.4) is 0 Å². The molecule has 0 aromatic rings. The Hall–Kier alpha value is -0.570. The van der Waals surface area contributed by atoms with E-state index in [9.17, 15) is 4.79 Å². The molecule has 1 aliphatic heterocycles. The second-order valence-electron chi connectivity index (χ2n) is 6.45. The number of aliphatic imine (C=N–C) groups is 1. The van der Waals surface area contributed by atoms with Gasteiger partial charge in [0.1, 0.15) is 6.54 Å². The highest BCUT2D eigenvalue weighted by Gasteiger charge is 2.18. The Bertz CT molecular complexity index is 378. The van der Waals surface area contributed by atoms with Gasteiger partial charge in [0.15, 0.2) is 5.96 Å². The number of carbonyl (C=O) groups excluding carboxylic acids is 1. The minimum Gasteiger partial charge on any atom is -0.376 e. The summed E-state index contributed by atoms with van der Waals surface area (Å²) in [5, 5.41) is 6.82. The van der Waals surface area contributed by atoms with E-state index < -0.39 is 0 Å². The van der Waals surface area contributed by atoms with Crippen molar-refractivity contribution in [3.63, 3.8) is 0 Å². The number of carbonyl (C=O) groups is 1. The van der Waals surface area contributed by atoms with Crippen LogP contribution in [0.2, 0.25) is 0 Å². The van der Waals surface area contributed by atoms with Crippen molar-refractivity contribution in [3.05, 3.63) is 0 Å². The summed E-state index contributed by atoms with van der Waals surface area (Å²) in [6.45, 7) is 1.79. The van der Waals surface area contributed by atoms with Crippen molar-refractivity contribution in [3.8, 4) is 0 Å². The van der Waals surface area contributed by atoms with Crippen molar-refractivity contribution in [2.75, 3.05) is 33.8 Å². The number of likely N-dealkylation sites (N-methyl/N-ethyl adjacent to an activating group) is 1. The van der Waals surface area contributed by atoms with Crippen LogP contribution in [0.5, 0.6) is 0 Å². The summed E-state index contributed by atoms with van der Waals surface area (Å²) in [7, 11) is 3.51. The molecule has 1 aliphatic carbocycles. The lowest BCUT2D eigenvalue weighted by atomic mass is 10.1. The summed E-state index contributed by atoms with van der Waals surface area (Å²) in [5.41, 5.74) is 0. The molecule has 0 spiro atoms. The van der Waals surface area contributed by atoms with Gasteiger partial charge in [-0.05, 0) is 32.1 Å². The van der Waals surface area contributed by atoms with Gasteiger partial charge in [-0.2, -0.15) is 0 Å². The van der Waals surface area contributed by atoms with Crippen molar-refractivity contribution in [2.24, 2.45) is 4.99 Å². The van der Waals surface area contributed by atoms with Gasteiger partial charge in [0.25, 0.3) is 0 Å². The predicted molar refractivity (Wildman–Crippen MR) is 103 cm³/mol. The Balaban J connectivity index is 0.00000264. The highest BCUT2D eigenvalue weighted by molar-refractivity contribution is 14.0. The molecule has 2 N–H and O–H groups in total. The molecule has 1 atom stereocenters. The molecule has 2 fully saturated rings. The average molecular weight is 438 g/mol. The Morgan fingerprint density at radius 1 is 1.17 bits per heavy atom. The predicted octanol–water partition coefficient (Wildman–Crippen LogP) is 1.74. The van der Waals surface area contributed by atoms with Crippen molar-refractivity contribution >= 4 is 35.8 Å². The highest BCUT2D eigenvalue weighted by atomic mass is 127. The Kier molecular flexibility index (Phi) is 9.85. The number of halogens is 1. The van der Waals surface area contributed by atoms with Crippen LogP contribution in [-0.4, -0.2) is 62.7 Å². The third-order valence-electron chi connectivity index (χ3n) is 4.34. The summed E-state index contributed by atoms with van der Waals surface area (Å²) < 4.78 is 5.74. The van der Waals surface area contributed by atoms with E-state index in [1.54, 1.807) is 19.0 Å². The Labute approximate surface area is 156 Å². The van der Waals surface area contributed by atoms with Crippen LogP contribution in [0.4, 0.5) is 0 Å². The zero-order valence-electron chi connectivity index (χ0n) is 14.3. The molecule has 6 nitrogen and oxygen atoms in total. The van der Waals surface area contributed by atoms with Crippen molar-refractivity contribution < 1.29 is 9.53 Å². The molecule has 0 radical (unpaired) electrons. The summed E-state index contributed by atoms with van der Waals surface area (Å²) in [5.74, 6) is 0.762. The molecule has 1 saturated heterocycles. The van der Waals surface area contributed by atoms with Gasteiger partial charge in [-0.1, -0.05) is 12.8 Å². The maximum Gasteiger partial charge on any atom is 0.243 e. The number of hydrogen-bond acceptors (Lipinski definition) is 3. The minimum absolute atomic E-state index is 0. The van der Waals surface area contributed by atoms with Crippen LogP contribution in [-0.2, 0) is 9.53 Å². The topological polar surface area (TPSA) is 66.0 Å². The summed E-state index contributed by atoms with van der Waals surface area (Å²) in [4.78, 5) is 17.7. The van der Waals surface area contributed by atoms with Crippen LogP contribution in [0.15, 0.2) is 4.99 Å². The summed E-state index contributed by atoms with van der Waals surface area (Å²) >= 11 is 0. The number of nitrogens with zero attached hydrogens (tertiary/aromatic N) is 2. The lowest BCUT2D eigenvalue weighted by Crippen LogP contribution is -2.46. The molecule has 0 aromatic carbocycles. The summed E-state index contributed by atoms with van der Waals surface area (Å²) in [6.07, 6.45) is 8.66. The van der Waals surface area contributed by atoms with E-state index in [2.05, 4.69) is 15.6 Å². The molecule has 0 bridgehead atoms. The largest absolute Gasteiger partial charge is 0.376 e. The van der Waals surface area contributed by atoms with Gasteiger partial charge in [0, 0.05) is 33.3 Å². The molecule has 0 aromatic heterocycles. The van der Waals surface area contributed by atoms with Crippen LogP contribution in [0.25, 0.3) is 0 Å². The van der Waals surface area contributed by atoms with Crippen molar-refractivity contribution in [1.82, 2.24) is 15.5 Å². The fourth-order valence-corrected chi connectivity index (χ4v) is 2.88. The zero-order valence-corrected chi connectivity index (χ0v) is 16.7. The van der Waals surface area contributed by atoms with E-state index in [1.807, 2.05) is 0 Å². The van der Waals surface area contributed by atoms with Gasteiger partial charge in [-0.15, -0.1) is 24.0 Å². The zero-order chi connectivity index (χ0) is 15.8. The second-order valence-corrected chi connectivity index (χ2v) is 6.45. The molecular weight excluding hydrogens is 407 g/mol. The molecule has 7 heteroatoms. The first kappa shape index (κ1) is 20.5. The monoisotopic (exact) mass is 438 g/mol. The van der Waals surface area contributed by atoms with Crippen LogP contribution < -0.4 is 10.6 Å². The van der Waals surface area contributed by atoms with E-state index in [-0.39, 0.29) is 42.5 Å². The quantitative estimate of drug-likeness (QED) is 0.390. The van der Waals surface area contributed by atoms with Gasteiger partial charge in [-0.3, -0.25) is 4.79 Å². The molecular formula is C16H31IN4O2. The number of amides is 1. The third kappa shape index (κ3) is 7.69. The van der Waals surface area contributed by atoms with Gasteiger partial charge in [0.05, 0.1) is 6.10 Å². The second kappa shape index (κ2) is 11.1. The minimum atomic E-state index is 0. The molecule has 1 unspecified atom stereocenters. The highest BCUT2D eigenvalue weighted by Crippen LogP contribution is 2.17. The number of nitrogens with one attached hydrogen (secondary N) is 2. The van der Waals surface area contributed by atoms with E-state index in [0.717, 1.165) is 32.0 Å². The van der Waals surface area contributed by atoms with Crippen LogP contribution in [0, 0.1) is 0 Å². The number of hydrogen-bond donors (Lipinski definition) is 2. The molecule has 1 saturated carbocycles. The van der Waals surface area contributed by atoms with Gasteiger partial charge in [0.2, 0.25) is 5.91 Å². The standard InChI is InChI=1S/C16H30N4O2.HI/c1-20(2)15(21)12-18-16(19-13-7-3-4-8-13)17-11-14-9-5-6-10-22-14;/h13-14H,3-12H2,1-2H3,(H2,17,18,19);1H. The van der Waals surface area contributed by atoms with E-state index in [1.165, 1.54) is 32.1 Å². The van der Waals surface area contributed by atoms with Crippen molar-refractivity contribution in [1.29, 1.82) is 0 Å². The normalized spacial score (nSPS) is 22.3. The first-order chi connectivity index (χ1) is 10.6. The smallest absolute Gasteiger partial charge is 0.243 e. The number of ether oxygens (including phenoxy) is 1. The van der Waals surface area contributed by atoms with Crippen LogP contribution in [0.1, 0.15) is 44.9 Å². The maximum absolute atomic E-state index is 11.7. The molecule has 134 valence electrons. The fraction of sp³-hybridized carbons (Fsp3) is 0.875. The van der Waals surface area contributed by atoms with Gasteiger partial charge in [-0.25, -0.2) is 4.99 Å². The Morgan fingerprint density at radius 2 is 1.87 bits per heavy atom. The first-order valence-corrected chi connectivity index (χ1v) is 8.52. The lowest BCUT2D eigenvalue weighted by molar-refractivity contribution is -0.127. The molecule has 2 rings (SSSR count). The number of guanidine groups is 1. The molecule has 1 amide bonds. The molecule has 1 heterocycles. The van der Waals surface area contributed by atoms with Gasteiger partial charge >= 0.3 is 0 Å². The van der Waals surface area contributed by atoms with E-state index in [0.29, 0.717) is 6.04 Å². The van der Waals surface area contributed by atoms with Crippen LogP contribution >= 0.6 is 24.0 Å². The maximum atomic E-state index is 11.7. The molecule has 2 aliphatic rings. The third-order valence-corrected chi connectivity index (χ3v) is 4.34. The SMILES string of the molecule is CN(C)C(=O)CN=C(NCC1CCCCO1)NC1CCCC1.I. The fourth-order valence-electron chi connectivity index (χ4n) is 2.88.